The maximum atomic E-state index is 5.20. The summed E-state index contributed by atoms with van der Waals surface area (Å²) in [7, 11) is -1.18. The summed E-state index contributed by atoms with van der Waals surface area (Å²) in [5, 5.41) is 0. The van der Waals surface area contributed by atoms with Gasteiger partial charge in [-0.1, -0.05) is 25.6 Å². The second kappa shape index (κ2) is 3.93. The standard InChI is InChI=1S/C10H16OSi/c1-12(2,3)9-6-10-4-7-11-8-5-10/h4H,5,7-8H2,1-3H3. The molecule has 1 aliphatic rings. The molecule has 1 rings (SSSR count). The van der Waals surface area contributed by atoms with Crippen molar-refractivity contribution < 1.29 is 4.74 Å². The third-order valence-corrected chi connectivity index (χ3v) is 2.44. The summed E-state index contributed by atoms with van der Waals surface area (Å²) in [6.07, 6.45) is 3.09. The lowest BCUT2D eigenvalue weighted by Crippen LogP contribution is -2.16. The second-order valence-corrected chi connectivity index (χ2v) is 8.80. The molecule has 0 aromatic rings. The van der Waals surface area contributed by atoms with Crippen LogP contribution in [0.1, 0.15) is 6.42 Å². The molecule has 0 fully saturated rings. The van der Waals surface area contributed by atoms with Gasteiger partial charge in [0.05, 0.1) is 13.2 Å². The van der Waals surface area contributed by atoms with E-state index in [4.69, 9.17) is 4.74 Å². The van der Waals surface area contributed by atoms with Gasteiger partial charge in [0.15, 0.2) is 0 Å². The van der Waals surface area contributed by atoms with Crippen LogP contribution in [0.25, 0.3) is 0 Å². The SMILES string of the molecule is C[Si](C)(C)C#CC1=CCOCC1. The van der Waals surface area contributed by atoms with Crippen LogP contribution >= 0.6 is 0 Å². The van der Waals surface area contributed by atoms with Crippen molar-refractivity contribution in [2.75, 3.05) is 13.2 Å². The predicted molar refractivity (Wildman–Crippen MR) is 54.6 cm³/mol. The van der Waals surface area contributed by atoms with Crippen molar-refractivity contribution in [3.63, 3.8) is 0 Å². The van der Waals surface area contributed by atoms with E-state index in [0.29, 0.717) is 0 Å². The minimum absolute atomic E-state index is 0.746. The van der Waals surface area contributed by atoms with Crippen LogP contribution in [-0.2, 0) is 4.74 Å². The van der Waals surface area contributed by atoms with E-state index in [0.717, 1.165) is 19.6 Å². The van der Waals surface area contributed by atoms with Crippen LogP contribution in [0.5, 0.6) is 0 Å². The Morgan fingerprint density at radius 3 is 2.67 bits per heavy atom. The van der Waals surface area contributed by atoms with Gasteiger partial charge in [-0.2, -0.15) is 0 Å². The maximum absolute atomic E-state index is 5.20. The first-order valence-electron chi connectivity index (χ1n) is 4.38. The lowest BCUT2D eigenvalue weighted by Gasteiger charge is -2.09. The van der Waals surface area contributed by atoms with Crippen LogP contribution in [-0.4, -0.2) is 21.3 Å². The first-order chi connectivity index (χ1) is 5.58. The number of hydrogen-bond donors (Lipinski definition) is 0. The van der Waals surface area contributed by atoms with Crippen molar-refractivity contribution in [3.05, 3.63) is 11.6 Å². The van der Waals surface area contributed by atoms with Crippen molar-refractivity contribution in [2.45, 2.75) is 26.1 Å². The maximum Gasteiger partial charge on any atom is 0.129 e. The van der Waals surface area contributed by atoms with Crippen LogP contribution in [0.15, 0.2) is 11.6 Å². The van der Waals surface area contributed by atoms with E-state index in [-0.39, 0.29) is 0 Å². The summed E-state index contributed by atoms with van der Waals surface area (Å²) in [5.74, 6) is 3.25. The van der Waals surface area contributed by atoms with Gasteiger partial charge >= 0.3 is 0 Å². The average Bonchev–Trinajstić information content (AvgIpc) is 2.02. The fourth-order valence-corrected chi connectivity index (χ4v) is 1.44. The molecule has 1 nitrogen and oxygen atoms in total. The van der Waals surface area contributed by atoms with Gasteiger partial charge in [-0.05, 0) is 6.08 Å². The summed E-state index contributed by atoms with van der Waals surface area (Å²) in [6.45, 7) is 8.38. The van der Waals surface area contributed by atoms with Gasteiger partial charge in [-0.25, -0.2) is 0 Å². The Morgan fingerprint density at radius 2 is 2.17 bits per heavy atom. The van der Waals surface area contributed by atoms with Crippen molar-refractivity contribution in [1.82, 2.24) is 0 Å². The fraction of sp³-hybridized carbons (Fsp3) is 0.600. The third-order valence-electron chi connectivity index (χ3n) is 1.56. The third kappa shape index (κ3) is 3.75. The topological polar surface area (TPSA) is 9.23 Å². The van der Waals surface area contributed by atoms with E-state index in [9.17, 15) is 0 Å². The van der Waals surface area contributed by atoms with Gasteiger partial charge in [-0.3, -0.25) is 0 Å². The van der Waals surface area contributed by atoms with Crippen LogP contribution in [0, 0.1) is 11.5 Å². The molecule has 1 heterocycles. The molecule has 0 unspecified atom stereocenters. The largest absolute Gasteiger partial charge is 0.377 e. The lowest BCUT2D eigenvalue weighted by atomic mass is 10.2. The molecule has 2 heteroatoms. The summed E-state index contributed by atoms with van der Waals surface area (Å²) < 4.78 is 5.20. The Morgan fingerprint density at radius 1 is 1.42 bits per heavy atom. The minimum Gasteiger partial charge on any atom is -0.377 e. The summed E-state index contributed by atoms with van der Waals surface area (Å²) in [5.41, 5.74) is 4.62. The highest BCUT2D eigenvalue weighted by Crippen LogP contribution is 2.06. The highest BCUT2D eigenvalue weighted by Gasteiger charge is 2.08. The molecule has 0 bridgehead atoms. The molecular weight excluding hydrogens is 164 g/mol. The van der Waals surface area contributed by atoms with E-state index in [1.807, 2.05) is 0 Å². The van der Waals surface area contributed by atoms with Crippen molar-refractivity contribution in [3.8, 4) is 11.5 Å². The van der Waals surface area contributed by atoms with Gasteiger partial charge in [0.2, 0.25) is 0 Å². The Balaban J connectivity index is 2.58. The molecule has 0 saturated heterocycles. The normalized spacial score (nSPS) is 17.8. The molecule has 0 radical (unpaired) electrons. The Bertz CT molecular complexity index is 237. The predicted octanol–water partition coefficient (Wildman–Crippen LogP) is 2.21. The zero-order chi connectivity index (χ0) is 9.03. The lowest BCUT2D eigenvalue weighted by molar-refractivity contribution is 0.156. The Labute approximate surface area is 75.8 Å². The summed E-state index contributed by atoms with van der Waals surface area (Å²) in [6, 6.07) is 0. The van der Waals surface area contributed by atoms with E-state index in [1.54, 1.807) is 0 Å². The molecule has 0 aromatic carbocycles. The van der Waals surface area contributed by atoms with Gasteiger partial charge in [-0.15, -0.1) is 5.54 Å². The number of ether oxygens (including phenoxy) is 1. The molecule has 0 aromatic heterocycles. The van der Waals surface area contributed by atoms with E-state index < -0.39 is 8.07 Å². The molecule has 0 aliphatic carbocycles. The molecule has 0 saturated carbocycles. The van der Waals surface area contributed by atoms with Crippen molar-refractivity contribution >= 4 is 8.07 Å². The Hall–Kier alpha value is -0.523. The van der Waals surface area contributed by atoms with Gasteiger partial charge in [0.25, 0.3) is 0 Å². The molecule has 66 valence electrons. The molecule has 0 spiro atoms. The molecule has 0 atom stereocenters. The van der Waals surface area contributed by atoms with Crippen LogP contribution in [0.2, 0.25) is 19.6 Å². The smallest absolute Gasteiger partial charge is 0.129 e. The van der Waals surface area contributed by atoms with Crippen LogP contribution in [0.4, 0.5) is 0 Å². The number of hydrogen-bond acceptors (Lipinski definition) is 1. The molecular formula is C10H16OSi. The van der Waals surface area contributed by atoms with E-state index in [1.165, 1.54) is 5.57 Å². The first kappa shape index (κ1) is 9.56. The highest BCUT2D eigenvalue weighted by atomic mass is 28.3. The van der Waals surface area contributed by atoms with E-state index >= 15 is 0 Å². The number of rotatable bonds is 0. The van der Waals surface area contributed by atoms with E-state index in [2.05, 4.69) is 37.2 Å². The highest BCUT2D eigenvalue weighted by molar-refractivity contribution is 6.83. The zero-order valence-corrected chi connectivity index (χ0v) is 9.11. The summed E-state index contributed by atoms with van der Waals surface area (Å²) >= 11 is 0. The first-order valence-corrected chi connectivity index (χ1v) is 7.88. The summed E-state index contributed by atoms with van der Waals surface area (Å²) in [4.78, 5) is 0. The van der Waals surface area contributed by atoms with Gasteiger partial charge in [0, 0.05) is 12.0 Å². The molecule has 1 aliphatic heterocycles. The molecule has 0 amide bonds. The zero-order valence-electron chi connectivity index (χ0n) is 8.11. The molecule has 12 heavy (non-hydrogen) atoms. The van der Waals surface area contributed by atoms with Gasteiger partial charge in [0.1, 0.15) is 8.07 Å². The van der Waals surface area contributed by atoms with Crippen molar-refractivity contribution in [1.29, 1.82) is 0 Å². The minimum atomic E-state index is -1.18. The van der Waals surface area contributed by atoms with Crippen molar-refractivity contribution in [2.24, 2.45) is 0 Å². The monoisotopic (exact) mass is 180 g/mol. The average molecular weight is 180 g/mol. The van der Waals surface area contributed by atoms with Crippen LogP contribution in [0.3, 0.4) is 0 Å². The molecule has 0 N–H and O–H groups in total. The Kier molecular flexibility index (Phi) is 3.13. The fourth-order valence-electron chi connectivity index (χ4n) is 0.908. The van der Waals surface area contributed by atoms with Crippen LogP contribution < -0.4 is 0 Å². The second-order valence-electron chi connectivity index (χ2n) is 4.05. The quantitative estimate of drug-likeness (QED) is 0.410. The van der Waals surface area contributed by atoms with Gasteiger partial charge < -0.3 is 4.74 Å².